The summed E-state index contributed by atoms with van der Waals surface area (Å²) >= 11 is 0. The number of nitrogens with zero attached hydrogens (tertiary/aromatic N) is 5. The van der Waals surface area contributed by atoms with Gasteiger partial charge in [0.25, 0.3) is 5.91 Å². The number of fused-ring (bicyclic) bond motifs is 1. The third-order valence-electron chi connectivity index (χ3n) is 10.9. The lowest BCUT2D eigenvalue weighted by molar-refractivity contribution is 0.0605. The third-order valence-corrected chi connectivity index (χ3v) is 10.9. The second-order valence-electron chi connectivity index (χ2n) is 14.0. The average Bonchev–Trinajstić information content (AvgIpc) is 3.64. The second-order valence-corrected chi connectivity index (χ2v) is 14.0. The average molecular weight is 725 g/mol. The number of carbonyl (C=O) groups excluding carboxylic acids is 1. The summed E-state index contributed by atoms with van der Waals surface area (Å²) in [4.78, 5) is 33.8. The zero-order valence-electron chi connectivity index (χ0n) is 30.5. The molecule has 0 radical (unpaired) electrons. The minimum Gasteiger partial charge on any atom is -0.493 e. The highest BCUT2D eigenvalue weighted by molar-refractivity contribution is 5.96. The smallest absolute Gasteiger partial charge is 0.254 e. The van der Waals surface area contributed by atoms with Crippen molar-refractivity contribution in [1.29, 1.82) is 0 Å². The van der Waals surface area contributed by atoms with E-state index in [0.717, 1.165) is 68.0 Å². The summed E-state index contributed by atoms with van der Waals surface area (Å²) in [5.41, 5.74) is 3.45. The minimum absolute atomic E-state index is 0.185. The van der Waals surface area contributed by atoms with E-state index in [4.69, 9.17) is 19.2 Å². The molecule has 1 unspecified atom stereocenters. The van der Waals surface area contributed by atoms with Crippen LogP contribution in [0.2, 0.25) is 0 Å². The Labute approximate surface area is 308 Å². The number of pyridine rings is 1. The van der Waals surface area contributed by atoms with Crippen molar-refractivity contribution in [3.8, 4) is 17.2 Å². The molecule has 0 saturated carbocycles. The molecule has 2 saturated heterocycles. The maximum absolute atomic E-state index is 14.8. The standard InChI is InChI=1S/C41H46F2N6O4/c1-51-36-23-28(24-37(52-2)38(36)53-3)39(50)48-19-8-16-41(27-48,29-12-13-32(42)33(43)25-29)17-22-47-20-14-31(15-21-47)49(26-30-9-6-7-18-44-30)40-45-34-10-4-5-11-35(34)46-40/h4-7,9-13,18,23-25,31H,8,14-17,19-22,26-27H2,1-3H3,(H,45,46). The minimum atomic E-state index is -0.883. The number of likely N-dealkylation sites (tertiary alicyclic amines) is 2. The van der Waals surface area contributed by atoms with E-state index >= 15 is 0 Å². The number of aromatic nitrogens is 3. The number of nitrogens with one attached hydrogen (secondary N) is 1. The Bertz CT molecular complexity index is 1980. The van der Waals surface area contributed by atoms with Gasteiger partial charge in [-0.1, -0.05) is 24.3 Å². The highest BCUT2D eigenvalue weighted by atomic mass is 19.2. The number of ether oxygens (including phenoxy) is 3. The van der Waals surface area contributed by atoms with Gasteiger partial charge in [0, 0.05) is 49.4 Å². The van der Waals surface area contributed by atoms with E-state index in [2.05, 4.69) is 19.8 Å². The summed E-state index contributed by atoms with van der Waals surface area (Å²) in [6.45, 7) is 4.04. The van der Waals surface area contributed by atoms with E-state index in [0.29, 0.717) is 54.4 Å². The predicted octanol–water partition coefficient (Wildman–Crippen LogP) is 7.00. The maximum Gasteiger partial charge on any atom is 0.254 e. The van der Waals surface area contributed by atoms with Crippen LogP contribution in [-0.2, 0) is 12.0 Å². The van der Waals surface area contributed by atoms with Crippen molar-refractivity contribution < 1.29 is 27.8 Å². The molecule has 4 heterocycles. The molecule has 0 spiro atoms. The molecule has 0 bridgehead atoms. The molecule has 12 heteroatoms. The lowest BCUT2D eigenvalue weighted by atomic mass is 9.71. The van der Waals surface area contributed by atoms with Crippen LogP contribution in [0.4, 0.5) is 14.7 Å². The number of hydrogen-bond donors (Lipinski definition) is 1. The third kappa shape index (κ3) is 7.64. The molecule has 2 aliphatic heterocycles. The molecule has 7 rings (SSSR count). The number of halogens is 2. The first-order valence-electron chi connectivity index (χ1n) is 18.2. The summed E-state index contributed by atoms with van der Waals surface area (Å²) in [7, 11) is 4.55. The SMILES string of the molecule is COc1cc(C(=O)N2CCCC(CCN3CCC(N(Cc4ccccn4)c4nc5ccccc5[nH]4)CC3)(c3ccc(F)c(F)c3)C2)cc(OC)c1OC. The zero-order chi connectivity index (χ0) is 37.0. The van der Waals surface area contributed by atoms with Crippen LogP contribution in [0.5, 0.6) is 17.2 Å². The van der Waals surface area contributed by atoms with E-state index in [1.54, 1.807) is 18.2 Å². The van der Waals surface area contributed by atoms with Crippen LogP contribution >= 0.6 is 0 Å². The monoisotopic (exact) mass is 724 g/mol. The molecule has 278 valence electrons. The number of piperidine rings is 2. The number of methoxy groups -OCH3 is 3. The first-order chi connectivity index (χ1) is 25.8. The second kappa shape index (κ2) is 15.8. The first kappa shape index (κ1) is 36.1. The Morgan fingerprint density at radius 3 is 2.36 bits per heavy atom. The maximum atomic E-state index is 14.8. The number of para-hydroxylation sites is 2. The first-order valence-corrected chi connectivity index (χ1v) is 18.2. The predicted molar refractivity (Wildman–Crippen MR) is 200 cm³/mol. The van der Waals surface area contributed by atoms with Crippen LogP contribution in [0, 0.1) is 11.6 Å². The highest BCUT2D eigenvalue weighted by Gasteiger charge is 2.40. The van der Waals surface area contributed by atoms with Gasteiger partial charge in [0.05, 0.1) is 44.6 Å². The molecule has 1 atom stereocenters. The molecule has 2 aliphatic rings. The molecule has 5 aromatic rings. The molecule has 0 aliphatic carbocycles. The van der Waals surface area contributed by atoms with Gasteiger partial charge in [-0.25, -0.2) is 13.8 Å². The largest absolute Gasteiger partial charge is 0.493 e. The molecule has 2 fully saturated rings. The van der Waals surface area contributed by atoms with Crippen molar-refractivity contribution in [3.63, 3.8) is 0 Å². The van der Waals surface area contributed by atoms with Crippen molar-refractivity contribution in [1.82, 2.24) is 24.8 Å². The van der Waals surface area contributed by atoms with E-state index in [9.17, 15) is 13.6 Å². The van der Waals surface area contributed by atoms with Crippen LogP contribution in [0.3, 0.4) is 0 Å². The van der Waals surface area contributed by atoms with Crippen molar-refractivity contribution in [2.75, 3.05) is 59.0 Å². The van der Waals surface area contributed by atoms with Crippen molar-refractivity contribution in [2.24, 2.45) is 0 Å². The molecular weight excluding hydrogens is 678 g/mol. The topological polar surface area (TPSA) is 96.1 Å². The molecular formula is C41H46F2N6O4. The number of rotatable bonds is 12. The summed E-state index contributed by atoms with van der Waals surface area (Å²) in [5.74, 6) is 0.0773. The van der Waals surface area contributed by atoms with Gasteiger partial charge in [-0.2, -0.15) is 0 Å². The number of benzene rings is 3. The number of amides is 1. The number of anilines is 1. The lowest BCUT2D eigenvalue weighted by Gasteiger charge is -2.45. The van der Waals surface area contributed by atoms with Gasteiger partial charge >= 0.3 is 0 Å². The molecule has 2 aromatic heterocycles. The van der Waals surface area contributed by atoms with Crippen molar-refractivity contribution >= 4 is 22.9 Å². The van der Waals surface area contributed by atoms with Crippen LogP contribution in [0.15, 0.2) is 79.0 Å². The molecule has 3 aromatic carbocycles. The molecule has 10 nitrogen and oxygen atoms in total. The van der Waals surface area contributed by atoms with Crippen LogP contribution in [0.25, 0.3) is 11.0 Å². The number of aromatic amines is 1. The summed E-state index contributed by atoms with van der Waals surface area (Å²) in [5, 5.41) is 0. The van der Waals surface area contributed by atoms with Gasteiger partial charge in [-0.3, -0.25) is 9.78 Å². The quantitative estimate of drug-likeness (QED) is 0.147. The fraction of sp³-hybridized carbons (Fsp3) is 0.390. The summed E-state index contributed by atoms with van der Waals surface area (Å²) < 4.78 is 45.5. The van der Waals surface area contributed by atoms with E-state index in [1.807, 2.05) is 53.6 Å². The van der Waals surface area contributed by atoms with Crippen molar-refractivity contribution in [2.45, 2.75) is 50.1 Å². The van der Waals surface area contributed by atoms with Crippen LogP contribution < -0.4 is 19.1 Å². The lowest BCUT2D eigenvalue weighted by Crippen LogP contribution is -2.51. The number of imidazole rings is 1. The fourth-order valence-corrected chi connectivity index (χ4v) is 8.05. The zero-order valence-corrected chi connectivity index (χ0v) is 30.5. The Kier molecular flexibility index (Phi) is 10.8. The Morgan fingerprint density at radius 2 is 1.68 bits per heavy atom. The molecule has 53 heavy (non-hydrogen) atoms. The Balaban J connectivity index is 1.09. The van der Waals surface area contributed by atoms with Gasteiger partial charge in [-0.05, 0) is 92.7 Å². The Hall–Kier alpha value is -5.23. The van der Waals surface area contributed by atoms with E-state index in [1.165, 1.54) is 33.5 Å². The van der Waals surface area contributed by atoms with Gasteiger partial charge < -0.3 is 33.9 Å². The summed E-state index contributed by atoms with van der Waals surface area (Å²) in [6.07, 6.45) is 5.82. The van der Waals surface area contributed by atoms with Gasteiger partial charge in [-0.15, -0.1) is 0 Å². The van der Waals surface area contributed by atoms with Gasteiger partial charge in [0.15, 0.2) is 23.1 Å². The van der Waals surface area contributed by atoms with E-state index < -0.39 is 17.0 Å². The highest BCUT2D eigenvalue weighted by Crippen LogP contribution is 2.41. The normalized spacial score (nSPS) is 18.2. The van der Waals surface area contributed by atoms with Crippen LogP contribution in [0.1, 0.15) is 53.7 Å². The summed E-state index contributed by atoms with van der Waals surface area (Å²) in [6, 6.07) is 21.8. The van der Waals surface area contributed by atoms with E-state index in [-0.39, 0.29) is 11.9 Å². The molecule has 1 N–H and O–H groups in total. The fourth-order valence-electron chi connectivity index (χ4n) is 8.05. The van der Waals surface area contributed by atoms with Crippen molar-refractivity contribution in [3.05, 3.63) is 107 Å². The van der Waals surface area contributed by atoms with Gasteiger partial charge in [0.1, 0.15) is 0 Å². The molecule has 1 amide bonds. The number of hydrogen-bond acceptors (Lipinski definition) is 8. The van der Waals surface area contributed by atoms with Crippen LogP contribution in [-0.4, -0.2) is 90.8 Å². The number of carbonyl (C=O) groups is 1. The van der Waals surface area contributed by atoms with Gasteiger partial charge in [0.2, 0.25) is 11.7 Å². The number of H-pyrrole nitrogens is 1. The Morgan fingerprint density at radius 1 is 0.925 bits per heavy atom.